The zero-order valence-corrected chi connectivity index (χ0v) is 27.6. The highest BCUT2D eigenvalue weighted by atomic mass is 19.4. The van der Waals surface area contributed by atoms with Gasteiger partial charge in [0.2, 0.25) is 5.96 Å². The maximum atomic E-state index is 13.7. The predicted molar refractivity (Wildman–Crippen MR) is 173 cm³/mol. The molecule has 0 aromatic heterocycles. The second kappa shape index (κ2) is 18.3. The number of nitrogens with two attached hydrogens (primary N) is 2. The van der Waals surface area contributed by atoms with Crippen molar-refractivity contribution >= 4 is 5.96 Å². The molecule has 7 nitrogen and oxygen atoms in total. The molecule has 1 aliphatic rings. The lowest BCUT2D eigenvalue weighted by atomic mass is 10.0. The first-order valence-corrected chi connectivity index (χ1v) is 16.0. The van der Waals surface area contributed by atoms with Crippen LogP contribution >= 0.6 is 0 Å². The molecule has 0 radical (unpaired) electrons. The van der Waals surface area contributed by atoms with E-state index in [2.05, 4.69) is 29.2 Å². The fourth-order valence-electron chi connectivity index (χ4n) is 5.20. The number of alkyl halides is 6. The molecule has 1 aromatic rings. The fourth-order valence-corrected chi connectivity index (χ4v) is 5.20. The first-order chi connectivity index (χ1) is 21.6. The molecule has 46 heavy (non-hydrogen) atoms. The largest absolute Gasteiger partial charge is 0.416 e. The van der Waals surface area contributed by atoms with Gasteiger partial charge >= 0.3 is 12.4 Å². The van der Waals surface area contributed by atoms with Gasteiger partial charge in [0.15, 0.2) is 0 Å². The number of halogens is 6. The Labute approximate surface area is 270 Å². The minimum atomic E-state index is -4.97. The van der Waals surface area contributed by atoms with Gasteiger partial charge in [-0.2, -0.15) is 26.3 Å². The van der Waals surface area contributed by atoms with Gasteiger partial charge in [-0.15, -0.1) is 5.10 Å². The van der Waals surface area contributed by atoms with E-state index in [4.69, 9.17) is 11.6 Å². The number of nitrogens with one attached hydrogen (secondary N) is 1. The quantitative estimate of drug-likeness (QED) is 0.0466. The molecule has 3 atom stereocenters. The van der Waals surface area contributed by atoms with Crippen LogP contribution in [0.2, 0.25) is 0 Å². The predicted octanol–water partition coefficient (Wildman–Crippen LogP) is 7.09. The van der Waals surface area contributed by atoms with Gasteiger partial charge in [0, 0.05) is 32.1 Å². The van der Waals surface area contributed by atoms with E-state index < -0.39 is 23.5 Å². The van der Waals surface area contributed by atoms with Gasteiger partial charge in [-0.3, -0.25) is 10.2 Å². The van der Waals surface area contributed by atoms with Crippen molar-refractivity contribution < 1.29 is 26.3 Å². The van der Waals surface area contributed by atoms with Crippen LogP contribution in [0.3, 0.4) is 0 Å². The highest BCUT2D eigenvalue weighted by molar-refractivity contribution is 5.77. The summed E-state index contributed by atoms with van der Waals surface area (Å²) in [6.45, 7) is 9.86. The Kier molecular flexibility index (Phi) is 15.6. The third-order valence-electron chi connectivity index (χ3n) is 7.93. The third-order valence-corrected chi connectivity index (χ3v) is 7.93. The summed E-state index contributed by atoms with van der Waals surface area (Å²) in [5.74, 6) is 6.10. The SMILES string of the molecule is CC/C=C\C=C1\C=CC(CN(Cc2cc(C(F)(F)F)cc(C(F)(F)F)c2)/C(N)=N/N(N)CCCCC)C(N(C)CC(C)CC)NC1. The summed E-state index contributed by atoms with van der Waals surface area (Å²) in [6, 6.07) is 1.58. The van der Waals surface area contributed by atoms with E-state index in [1.54, 1.807) is 0 Å². The van der Waals surface area contributed by atoms with Crippen LogP contribution in [0, 0.1) is 11.8 Å². The second-order valence-corrected chi connectivity index (χ2v) is 12.0. The molecule has 0 spiro atoms. The minimum Gasteiger partial charge on any atom is -0.368 e. The van der Waals surface area contributed by atoms with Crippen molar-refractivity contribution in [3.8, 4) is 0 Å². The number of rotatable bonds is 15. The number of allylic oxidation sites excluding steroid dienone is 3. The van der Waals surface area contributed by atoms with Gasteiger partial charge in [-0.1, -0.05) is 77.3 Å². The molecule has 1 aliphatic heterocycles. The molecule has 0 bridgehead atoms. The van der Waals surface area contributed by atoms with Crippen molar-refractivity contribution in [2.24, 2.45) is 28.5 Å². The molecule has 0 fully saturated rings. The van der Waals surface area contributed by atoms with Crippen molar-refractivity contribution in [1.82, 2.24) is 20.2 Å². The Bertz CT molecular complexity index is 1160. The Balaban J connectivity index is 2.59. The van der Waals surface area contributed by atoms with Gasteiger partial charge in [0.05, 0.1) is 23.8 Å². The smallest absolute Gasteiger partial charge is 0.368 e. The molecular formula is C33H51F6N7. The summed E-state index contributed by atoms with van der Waals surface area (Å²) in [7, 11) is 2.00. The van der Waals surface area contributed by atoms with Crippen LogP contribution in [0.4, 0.5) is 26.3 Å². The second-order valence-electron chi connectivity index (χ2n) is 12.0. The van der Waals surface area contributed by atoms with Crippen molar-refractivity contribution in [3.63, 3.8) is 0 Å². The van der Waals surface area contributed by atoms with Gasteiger partial charge in [-0.05, 0) is 55.1 Å². The number of guanidine groups is 1. The lowest BCUT2D eigenvalue weighted by Crippen LogP contribution is -2.53. The number of unbranched alkanes of at least 4 members (excludes halogenated alkanes) is 2. The summed E-state index contributed by atoms with van der Waals surface area (Å²) in [4.78, 5) is 3.69. The Morgan fingerprint density at radius 1 is 1.07 bits per heavy atom. The minimum absolute atomic E-state index is 0.104. The average molecular weight is 660 g/mol. The van der Waals surface area contributed by atoms with Crippen LogP contribution in [0.25, 0.3) is 0 Å². The molecule has 3 unspecified atom stereocenters. The number of nitrogens with zero attached hydrogens (tertiary/aromatic N) is 4. The topological polar surface area (TPSA) is 86.1 Å². The Hall–Kier alpha value is -3.03. The van der Waals surface area contributed by atoms with Crippen LogP contribution in [0.5, 0.6) is 0 Å². The standard InChI is InChI=1S/C33H51F6N7/c1-6-9-11-13-25-14-15-27(30(42-20-25)44(5)21-24(4)8-3)23-45(31(40)43-46(41)16-12-10-7-2)22-26-17-28(32(34,35)36)19-29(18-26)33(37,38)39/h9,11,13-15,17-19,24,27,30,42H,6-8,10,12,16,20-23,41H2,1-5H3,(H2,40,43)/b11-9-,25-13-. The van der Waals surface area contributed by atoms with E-state index in [0.29, 0.717) is 19.0 Å². The molecule has 260 valence electrons. The molecule has 0 aliphatic carbocycles. The van der Waals surface area contributed by atoms with E-state index >= 15 is 0 Å². The first-order valence-electron chi connectivity index (χ1n) is 16.0. The number of hydrazine groups is 1. The maximum Gasteiger partial charge on any atom is 0.416 e. The molecule has 5 N–H and O–H groups in total. The summed E-state index contributed by atoms with van der Waals surface area (Å²) in [6.07, 6.45) is 4.34. The normalized spacial score (nSPS) is 19.7. The average Bonchev–Trinajstić information content (AvgIpc) is 3.18. The van der Waals surface area contributed by atoms with E-state index in [-0.39, 0.29) is 42.8 Å². The lowest BCUT2D eigenvalue weighted by Gasteiger charge is -2.37. The monoisotopic (exact) mass is 659 g/mol. The number of hydrazone groups is 1. The van der Waals surface area contributed by atoms with Crippen molar-refractivity contribution in [3.05, 3.63) is 70.8 Å². The molecule has 1 aromatic carbocycles. The van der Waals surface area contributed by atoms with E-state index in [1.807, 2.05) is 51.3 Å². The molecule has 0 amide bonds. The number of benzene rings is 1. The van der Waals surface area contributed by atoms with Crippen molar-refractivity contribution in [2.45, 2.75) is 84.9 Å². The third kappa shape index (κ3) is 13.0. The van der Waals surface area contributed by atoms with E-state index in [0.717, 1.165) is 56.4 Å². The van der Waals surface area contributed by atoms with Crippen molar-refractivity contribution in [2.75, 3.05) is 33.2 Å². The summed E-state index contributed by atoms with van der Waals surface area (Å²) >= 11 is 0. The van der Waals surface area contributed by atoms with E-state index in [9.17, 15) is 26.3 Å². The lowest BCUT2D eigenvalue weighted by molar-refractivity contribution is -0.143. The molecule has 2 rings (SSSR count). The molecule has 13 heteroatoms. The maximum absolute atomic E-state index is 13.7. The van der Waals surface area contributed by atoms with Crippen LogP contribution in [-0.2, 0) is 18.9 Å². The van der Waals surface area contributed by atoms with E-state index in [1.165, 1.54) is 10.0 Å². The van der Waals surface area contributed by atoms with Crippen LogP contribution < -0.4 is 16.9 Å². The summed E-state index contributed by atoms with van der Waals surface area (Å²) < 4.78 is 82.2. The number of hydrogen-bond donors (Lipinski definition) is 3. The zero-order valence-electron chi connectivity index (χ0n) is 27.6. The fraction of sp³-hybridized carbons (Fsp3) is 0.606. The first kappa shape index (κ1) is 39.1. The Morgan fingerprint density at radius 3 is 2.28 bits per heavy atom. The summed E-state index contributed by atoms with van der Waals surface area (Å²) in [5, 5.41) is 9.05. The summed E-state index contributed by atoms with van der Waals surface area (Å²) in [5.41, 5.74) is 4.50. The highest BCUT2D eigenvalue weighted by Gasteiger charge is 2.37. The molecule has 0 saturated heterocycles. The van der Waals surface area contributed by atoms with Crippen molar-refractivity contribution in [1.29, 1.82) is 0 Å². The van der Waals surface area contributed by atoms with Gasteiger partial charge in [0.1, 0.15) is 0 Å². The molecular weight excluding hydrogens is 608 g/mol. The number of hydrogen-bond acceptors (Lipinski definition) is 5. The highest BCUT2D eigenvalue weighted by Crippen LogP contribution is 2.36. The van der Waals surface area contributed by atoms with Gasteiger partial charge in [0.25, 0.3) is 0 Å². The van der Waals surface area contributed by atoms with Gasteiger partial charge in [-0.25, -0.2) is 11.0 Å². The zero-order chi connectivity index (χ0) is 34.5. The molecule has 0 saturated carbocycles. The van der Waals surface area contributed by atoms with Crippen LogP contribution in [0.15, 0.2) is 59.3 Å². The van der Waals surface area contributed by atoms with Crippen LogP contribution in [0.1, 0.15) is 76.5 Å². The Morgan fingerprint density at radius 2 is 1.72 bits per heavy atom. The van der Waals surface area contributed by atoms with Crippen LogP contribution in [-0.4, -0.2) is 60.3 Å². The molecule has 1 heterocycles. The van der Waals surface area contributed by atoms with Gasteiger partial charge < -0.3 is 10.6 Å².